The standard InChI is InChI=1S/C12H14S/c1-3-7-11-9(5-1)10-6-2-4-8-12(10)13-11/h1,3,5,7,10,12H,2,4,6,8H2. The van der Waals surface area contributed by atoms with Gasteiger partial charge < -0.3 is 0 Å². The van der Waals surface area contributed by atoms with E-state index >= 15 is 0 Å². The number of rotatable bonds is 0. The second-order valence-corrected chi connectivity index (χ2v) is 5.37. The monoisotopic (exact) mass is 190 g/mol. The number of thioether (sulfide) groups is 1. The largest absolute Gasteiger partial charge is 0.122 e. The van der Waals surface area contributed by atoms with Crippen LogP contribution in [0.1, 0.15) is 37.2 Å². The second kappa shape index (κ2) is 3.06. The normalized spacial score (nSPS) is 31.1. The summed E-state index contributed by atoms with van der Waals surface area (Å²) in [7, 11) is 0. The molecule has 1 heteroatoms. The fourth-order valence-electron chi connectivity index (χ4n) is 2.65. The van der Waals surface area contributed by atoms with Crippen LogP contribution in [0.4, 0.5) is 0 Å². The average Bonchev–Trinajstić information content (AvgIpc) is 2.56. The van der Waals surface area contributed by atoms with E-state index in [9.17, 15) is 0 Å². The van der Waals surface area contributed by atoms with E-state index in [0.717, 1.165) is 11.2 Å². The molecular formula is C12H14S. The molecule has 0 bridgehead atoms. The van der Waals surface area contributed by atoms with Crippen LogP contribution in [0, 0.1) is 0 Å². The maximum Gasteiger partial charge on any atom is 0.0164 e. The van der Waals surface area contributed by atoms with Gasteiger partial charge in [0.15, 0.2) is 0 Å². The van der Waals surface area contributed by atoms with E-state index in [1.165, 1.54) is 25.7 Å². The molecule has 0 N–H and O–H groups in total. The maximum atomic E-state index is 2.33. The minimum atomic E-state index is 0.884. The minimum Gasteiger partial charge on any atom is -0.122 e. The van der Waals surface area contributed by atoms with Crippen LogP contribution in [0.5, 0.6) is 0 Å². The molecule has 1 fully saturated rings. The first-order valence-electron chi connectivity index (χ1n) is 5.21. The van der Waals surface area contributed by atoms with Crippen molar-refractivity contribution >= 4 is 11.8 Å². The smallest absolute Gasteiger partial charge is 0.0164 e. The lowest BCUT2D eigenvalue weighted by Gasteiger charge is -2.24. The first-order chi connectivity index (χ1) is 6.45. The summed E-state index contributed by atoms with van der Waals surface area (Å²) in [5, 5.41) is 0.908. The van der Waals surface area contributed by atoms with Gasteiger partial charge >= 0.3 is 0 Å². The highest BCUT2D eigenvalue weighted by molar-refractivity contribution is 8.00. The Labute approximate surface area is 83.7 Å². The van der Waals surface area contributed by atoms with E-state index in [1.54, 1.807) is 10.5 Å². The number of benzene rings is 1. The van der Waals surface area contributed by atoms with Crippen molar-refractivity contribution in [2.45, 2.75) is 41.7 Å². The molecule has 2 aliphatic rings. The lowest BCUT2D eigenvalue weighted by Crippen LogP contribution is -2.14. The zero-order valence-corrected chi connectivity index (χ0v) is 8.52. The summed E-state index contributed by atoms with van der Waals surface area (Å²) in [5.41, 5.74) is 1.64. The summed E-state index contributed by atoms with van der Waals surface area (Å²) in [5.74, 6) is 0.884. The highest BCUT2D eigenvalue weighted by Crippen LogP contribution is 2.51. The van der Waals surface area contributed by atoms with Crippen molar-refractivity contribution in [2.24, 2.45) is 0 Å². The third kappa shape index (κ3) is 1.21. The molecule has 1 aromatic carbocycles. The van der Waals surface area contributed by atoms with E-state index < -0.39 is 0 Å². The van der Waals surface area contributed by atoms with Gasteiger partial charge in [-0.15, -0.1) is 11.8 Å². The van der Waals surface area contributed by atoms with Crippen molar-refractivity contribution in [1.82, 2.24) is 0 Å². The molecule has 1 aliphatic heterocycles. The molecule has 0 amide bonds. The van der Waals surface area contributed by atoms with Crippen molar-refractivity contribution in [3.8, 4) is 0 Å². The van der Waals surface area contributed by atoms with Gasteiger partial charge in [0.2, 0.25) is 0 Å². The topological polar surface area (TPSA) is 0 Å². The Kier molecular flexibility index (Phi) is 1.86. The fourth-order valence-corrected chi connectivity index (χ4v) is 4.22. The van der Waals surface area contributed by atoms with Crippen LogP contribution >= 0.6 is 11.8 Å². The molecule has 3 rings (SSSR count). The Morgan fingerprint density at radius 2 is 1.92 bits per heavy atom. The van der Waals surface area contributed by atoms with Gasteiger partial charge in [-0.05, 0) is 30.4 Å². The Hall–Kier alpha value is -0.430. The molecule has 2 atom stereocenters. The van der Waals surface area contributed by atoms with E-state index in [4.69, 9.17) is 0 Å². The van der Waals surface area contributed by atoms with Gasteiger partial charge in [-0.1, -0.05) is 31.0 Å². The summed E-state index contributed by atoms with van der Waals surface area (Å²) in [6.45, 7) is 0. The zero-order valence-electron chi connectivity index (χ0n) is 7.70. The maximum absolute atomic E-state index is 2.33. The molecule has 0 saturated heterocycles. The fraction of sp³-hybridized carbons (Fsp3) is 0.500. The van der Waals surface area contributed by atoms with Gasteiger partial charge in [0.25, 0.3) is 0 Å². The molecular weight excluding hydrogens is 176 g/mol. The molecule has 13 heavy (non-hydrogen) atoms. The van der Waals surface area contributed by atoms with Crippen LogP contribution in [-0.4, -0.2) is 5.25 Å². The van der Waals surface area contributed by atoms with Crippen LogP contribution in [0.2, 0.25) is 0 Å². The molecule has 0 aromatic heterocycles. The van der Waals surface area contributed by atoms with Gasteiger partial charge in [-0.2, -0.15) is 0 Å². The van der Waals surface area contributed by atoms with E-state index in [-0.39, 0.29) is 0 Å². The molecule has 1 aromatic rings. The van der Waals surface area contributed by atoms with Gasteiger partial charge in [0, 0.05) is 10.1 Å². The van der Waals surface area contributed by atoms with E-state index in [1.807, 2.05) is 0 Å². The summed E-state index contributed by atoms with van der Waals surface area (Å²) < 4.78 is 0. The summed E-state index contributed by atoms with van der Waals surface area (Å²) in [6, 6.07) is 8.98. The number of hydrogen-bond donors (Lipinski definition) is 0. The molecule has 68 valence electrons. The highest BCUT2D eigenvalue weighted by atomic mass is 32.2. The van der Waals surface area contributed by atoms with Crippen molar-refractivity contribution in [3.05, 3.63) is 29.8 Å². The molecule has 2 unspecified atom stereocenters. The van der Waals surface area contributed by atoms with Crippen LogP contribution in [-0.2, 0) is 0 Å². The SMILES string of the molecule is c1ccc2c(c1)SC1CCCCC21. The molecule has 1 saturated carbocycles. The summed E-state index contributed by atoms with van der Waals surface area (Å²) in [4.78, 5) is 1.56. The van der Waals surface area contributed by atoms with Crippen molar-refractivity contribution in [1.29, 1.82) is 0 Å². The molecule has 1 aliphatic carbocycles. The average molecular weight is 190 g/mol. The first-order valence-corrected chi connectivity index (χ1v) is 6.09. The van der Waals surface area contributed by atoms with Crippen molar-refractivity contribution in [2.75, 3.05) is 0 Å². The Bertz CT molecular complexity index is 319. The molecule has 0 spiro atoms. The zero-order chi connectivity index (χ0) is 8.67. The molecule has 1 heterocycles. The van der Waals surface area contributed by atoms with Gasteiger partial charge in [-0.25, -0.2) is 0 Å². The lowest BCUT2D eigenvalue weighted by molar-refractivity contribution is 0.461. The van der Waals surface area contributed by atoms with Crippen LogP contribution < -0.4 is 0 Å². The number of hydrogen-bond acceptors (Lipinski definition) is 1. The van der Waals surface area contributed by atoms with Crippen LogP contribution in [0.15, 0.2) is 29.2 Å². The van der Waals surface area contributed by atoms with E-state index in [2.05, 4.69) is 36.0 Å². The third-order valence-electron chi connectivity index (χ3n) is 3.30. The van der Waals surface area contributed by atoms with Crippen molar-refractivity contribution < 1.29 is 0 Å². The Morgan fingerprint density at radius 1 is 1.08 bits per heavy atom. The second-order valence-electron chi connectivity index (χ2n) is 4.09. The molecule has 0 nitrogen and oxygen atoms in total. The number of fused-ring (bicyclic) bond motifs is 3. The lowest BCUT2D eigenvalue weighted by atomic mass is 9.84. The van der Waals surface area contributed by atoms with Gasteiger partial charge in [0.05, 0.1) is 0 Å². The Morgan fingerprint density at radius 3 is 2.92 bits per heavy atom. The predicted octanol–water partition coefficient (Wildman–Crippen LogP) is 3.82. The molecule has 0 radical (unpaired) electrons. The van der Waals surface area contributed by atoms with Crippen LogP contribution in [0.25, 0.3) is 0 Å². The van der Waals surface area contributed by atoms with Gasteiger partial charge in [-0.3, -0.25) is 0 Å². The van der Waals surface area contributed by atoms with Gasteiger partial charge in [0.1, 0.15) is 0 Å². The summed E-state index contributed by atoms with van der Waals surface area (Å²) >= 11 is 2.12. The summed E-state index contributed by atoms with van der Waals surface area (Å²) in [6.07, 6.45) is 5.75. The van der Waals surface area contributed by atoms with E-state index in [0.29, 0.717) is 0 Å². The highest BCUT2D eigenvalue weighted by Gasteiger charge is 2.34. The quantitative estimate of drug-likeness (QED) is 0.599. The first kappa shape index (κ1) is 7.93. The Balaban J connectivity index is 2.01. The predicted molar refractivity (Wildman–Crippen MR) is 57.3 cm³/mol. The van der Waals surface area contributed by atoms with Crippen LogP contribution in [0.3, 0.4) is 0 Å². The third-order valence-corrected chi connectivity index (χ3v) is 4.79. The van der Waals surface area contributed by atoms with Crippen molar-refractivity contribution in [3.63, 3.8) is 0 Å². The minimum absolute atomic E-state index is 0.884.